The van der Waals surface area contributed by atoms with Crippen LogP contribution in [0.25, 0.3) is 11.3 Å². The summed E-state index contributed by atoms with van der Waals surface area (Å²) < 4.78 is 13.6. The first kappa shape index (κ1) is 20.9. The Bertz CT molecular complexity index is 1060. The molecule has 1 amide bonds. The molecule has 1 atom stereocenters. The van der Waals surface area contributed by atoms with Gasteiger partial charge in [0.1, 0.15) is 17.5 Å². The van der Waals surface area contributed by atoms with E-state index in [9.17, 15) is 9.18 Å². The van der Waals surface area contributed by atoms with Crippen LogP contribution in [0.4, 0.5) is 15.9 Å². The lowest BCUT2D eigenvalue weighted by atomic mass is 10.1. The summed E-state index contributed by atoms with van der Waals surface area (Å²) in [6.07, 6.45) is 4.82. The molecule has 31 heavy (non-hydrogen) atoms. The molecule has 3 aromatic rings. The lowest BCUT2D eigenvalue weighted by Gasteiger charge is -2.18. The number of halogens is 1. The molecule has 2 aromatic heterocycles. The Balaban J connectivity index is 1.63. The summed E-state index contributed by atoms with van der Waals surface area (Å²) in [7, 11) is 0. The minimum Gasteiger partial charge on any atom is -0.342 e. The molecule has 0 aliphatic carbocycles. The lowest BCUT2D eigenvalue weighted by Crippen LogP contribution is -2.29. The third-order valence-electron chi connectivity index (χ3n) is 5.31. The van der Waals surface area contributed by atoms with Crippen LogP contribution in [0.2, 0.25) is 0 Å². The van der Waals surface area contributed by atoms with Crippen molar-refractivity contribution in [2.45, 2.75) is 32.6 Å². The quantitative estimate of drug-likeness (QED) is 0.622. The van der Waals surface area contributed by atoms with E-state index < -0.39 is 0 Å². The molecule has 0 saturated carbocycles. The van der Waals surface area contributed by atoms with Gasteiger partial charge in [0.25, 0.3) is 0 Å². The van der Waals surface area contributed by atoms with Gasteiger partial charge in [0.2, 0.25) is 5.91 Å². The molecule has 0 radical (unpaired) electrons. The van der Waals surface area contributed by atoms with Crippen LogP contribution in [-0.2, 0) is 4.79 Å². The first-order chi connectivity index (χ1) is 15.0. The number of carbonyl (C=O) groups excluding carboxylic acids is 1. The van der Waals surface area contributed by atoms with E-state index in [1.807, 2.05) is 23.1 Å². The van der Waals surface area contributed by atoms with Crippen molar-refractivity contribution in [3.63, 3.8) is 0 Å². The number of rotatable bonds is 6. The molecule has 1 fully saturated rings. The summed E-state index contributed by atoms with van der Waals surface area (Å²) in [5.41, 5.74) is 2.30. The fourth-order valence-electron chi connectivity index (χ4n) is 3.77. The fraction of sp³-hybridized carbons (Fsp3) is 0.333. The van der Waals surface area contributed by atoms with Gasteiger partial charge in [-0.3, -0.25) is 9.78 Å². The number of aromatic nitrogens is 3. The van der Waals surface area contributed by atoms with E-state index in [2.05, 4.69) is 24.1 Å². The maximum absolute atomic E-state index is 13.6. The van der Waals surface area contributed by atoms with E-state index in [0.717, 1.165) is 17.7 Å². The monoisotopic (exact) mass is 419 g/mol. The Kier molecular flexibility index (Phi) is 6.21. The Hall–Kier alpha value is -3.35. The largest absolute Gasteiger partial charge is 0.342 e. The van der Waals surface area contributed by atoms with E-state index in [4.69, 9.17) is 9.97 Å². The molecule has 0 unspecified atom stereocenters. The second-order valence-electron chi connectivity index (χ2n) is 8.29. The maximum atomic E-state index is 13.6. The summed E-state index contributed by atoms with van der Waals surface area (Å²) in [6.45, 7) is 5.44. The number of hydrogen-bond donors (Lipinski definition) is 1. The fourth-order valence-corrected chi connectivity index (χ4v) is 3.77. The van der Waals surface area contributed by atoms with Gasteiger partial charge in [-0.05, 0) is 42.7 Å². The molecule has 0 spiro atoms. The first-order valence-electron chi connectivity index (χ1n) is 10.6. The molecule has 3 heterocycles. The number of likely N-dealkylation sites (tertiary alicyclic amines) is 1. The van der Waals surface area contributed by atoms with Crippen LogP contribution in [0, 0.1) is 11.7 Å². The Morgan fingerprint density at radius 3 is 2.74 bits per heavy atom. The van der Waals surface area contributed by atoms with Crippen molar-refractivity contribution in [1.29, 1.82) is 0 Å². The molecule has 7 heteroatoms. The minimum atomic E-state index is -0.316. The molecule has 4 rings (SSSR count). The zero-order valence-corrected chi connectivity index (χ0v) is 17.8. The molecule has 1 aliphatic rings. The van der Waals surface area contributed by atoms with Gasteiger partial charge in [0.15, 0.2) is 0 Å². The van der Waals surface area contributed by atoms with E-state index in [0.29, 0.717) is 42.8 Å². The third kappa shape index (κ3) is 5.23. The predicted molar refractivity (Wildman–Crippen MR) is 118 cm³/mol. The van der Waals surface area contributed by atoms with Crippen molar-refractivity contribution in [3.05, 3.63) is 66.5 Å². The van der Waals surface area contributed by atoms with Gasteiger partial charge in [0, 0.05) is 55.1 Å². The topological polar surface area (TPSA) is 71.0 Å². The maximum Gasteiger partial charge on any atom is 0.222 e. The van der Waals surface area contributed by atoms with Gasteiger partial charge < -0.3 is 10.2 Å². The van der Waals surface area contributed by atoms with Crippen molar-refractivity contribution in [3.8, 4) is 11.3 Å². The number of anilines is 2. The van der Waals surface area contributed by atoms with Gasteiger partial charge in [-0.25, -0.2) is 14.4 Å². The predicted octanol–water partition coefficient (Wildman–Crippen LogP) is 4.78. The van der Waals surface area contributed by atoms with Crippen molar-refractivity contribution in [1.82, 2.24) is 19.9 Å². The van der Waals surface area contributed by atoms with Crippen LogP contribution in [0.15, 0.2) is 54.9 Å². The van der Waals surface area contributed by atoms with Crippen molar-refractivity contribution >= 4 is 17.4 Å². The van der Waals surface area contributed by atoms with E-state index >= 15 is 0 Å². The van der Waals surface area contributed by atoms with Crippen LogP contribution >= 0.6 is 0 Å². The van der Waals surface area contributed by atoms with Crippen molar-refractivity contribution in [2.75, 3.05) is 18.4 Å². The number of carbonyl (C=O) groups is 1. The average Bonchev–Trinajstić information content (AvgIpc) is 3.24. The number of nitrogens with one attached hydrogen (secondary N) is 1. The van der Waals surface area contributed by atoms with Crippen LogP contribution in [0.5, 0.6) is 0 Å². The van der Waals surface area contributed by atoms with Crippen LogP contribution in [0.1, 0.15) is 38.4 Å². The normalized spacial score (nSPS) is 16.0. The lowest BCUT2D eigenvalue weighted by molar-refractivity contribution is -0.130. The molecule has 0 bridgehead atoms. The number of amides is 1. The summed E-state index contributed by atoms with van der Waals surface area (Å²) in [4.78, 5) is 28.0. The highest BCUT2D eigenvalue weighted by Crippen LogP contribution is 2.30. The van der Waals surface area contributed by atoms with Crippen molar-refractivity contribution < 1.29 is 9.18 Å². The molecule has 1 aliphatic heterocycles. The molecule has 160 valence electrons. The second kappa shape index (κ2) is 9.20. The highest BCUT2D eigenvalue weighted by molar-refractivity contribution is 5.76. The number of pyridine rings is 1. The standard InChI is InChI=1S/C24H26FN5O/c1-16(2)12-23(31)30-11-8-18(15-30)24-28-21(17-6-9-26-10-7-17)14-22(29-24)27-20-5-3-4-19(25)13-20/h3-7,9-10,13-14,16,18H,8,11-12,15H2,1-2H3,(H,27,28,29)/t18-/m0/s1. The molecule has 1 aromatic carbocycles. The zero-order valence-electron chi connectivity index (χ0n) is 17.8. The smallest absolute Gasteiger partial charge is 0.222 e. The molecular weight excluding hydrogens is 393 g/mol. The number of benzene rings is 1. The number of nitrogens with zero attached hydrogens (tertiary/aromatic N) is 4. The second-order valence-corrected chi connectivity index (χ2v) is 8.29. The Morgan fingerprint density at radius 1 is 1.19 bits per heavy atom. The van der Waals surface area contributed by atoms with E-state index in [-0.39, 0.29) is 17.6 Å². The van der Waals surface area contributed by atoms with Crippen molar-refractivity contribution in [2.24, 2.45) is 5.92 Å². The van der Waals surface area contributed by atoms with Gasteiger partial charge >= 0.3 is 0 Å². The summed E-state index contributed by atoms with van der Waals surface area (Å²) >= 11 is 0. The minimum absolute atomic E-state index is 0.0611. The van der Waals surface area contributed by atoms with Gasteiger partial charge in [-0.2, -0.15) is 0 Å². The summed E-state index contributed by atoms with van der Waals surface area (Å²) in [5.74, 6) is 1.54. The molecular formula is C24H26FN5O. The van der Waals surface area contributed by atoms with Gasteiger partial charge in [-0.1, -0.05) is 19.9 Å². The molecule has 6 nitrogen and oxygen atoms in total. The van der Waals surface area contributed by atoms with E-state index in [1.165, 1.54) is 12.1 Å². The first-order valence-corrected chi connectivity index (χ1v) is 10.6. The molecule has 1 N–H and O–H groups in total. The highest BCUT2D eigenvalue weighted by Gasteiger charge is 2.30. The highest BCUT2D eigenvalue weighted by atomic mass is 19.1. The third-order valence-corrected chi connectivity index (χ3v) is 5.31. The Labute approximate surface area is 181 Å². The number of hydrogen-bond acceptors (Lipinski definition) is 5. The zero-order chi connectivity index (χ0) is 21.8. The SMILES string of the molecule is CC(C)CC(=O)N1CC[C@H](c2nc(Nc3cccc(F)c3)cc(-c3ccncc3)n2)C1. The van der Waals surface area contributed by atoms with E-state index in [1.54, 1.807) is 24.5 Å². The molecule has 1 saturated heterocycles. The van der Waals surface area contributed by atoms with Crippen LogP contribution < -0.4 is 5.32 Å². The summed E-state index contributed by atoms with van der Waals surface area (Å²) in [6, 6.07) is 11.9. The van der Waals surface area contributed by atoms with Gasteiger partial charge in [0.05, 0.1) is 5.69 Å². The van der Waals surface area contributed by atoms with Gasteiger partial charge in [-0.15, -0.1) is 0 Å². The van der Waals surface area contributed by atoms with Crippen LogP contribution in [-0.4, -0.2) is 38.8 Å². The Morgan fingerprint density at radius 2 is 2.00 bits per heavy atom. The summed E-state index contributed by atoms with van der Waals surface area (Å²) in [5, 5.41) is 3.19. The average molecular weight is 420 g/mol. The van der Waals surface area contributed by atoms with Crippen LogP contribution in [0.3, 0.4) is 0 Å².